The van der Waals surface area contributed by atoms with Crippen LogP contribution in [0.2, 0.25) is 0 Å². The summed E-state index contributed by atoms with van der Waals surface area (Å²) in [5, 5.41) is 2.39. The third-order valence-corrected chi connectivity index (χ3v) is 8.79. The van der Waals surface area contributed by atoms with Crippen molar-refractivity contribution >= 4 is 29.3 Å². The van der Waals surface area contributed by atoms with Crippen molar-refractivity contribution < 1.29 is 0 Å². The summed E-state index contributed by atoms with van der Waals surface area (Å²) >= 11 is 0. The summed E-state index contributed by atoms with van der Waals surface area (Å²) in [6.07, 6.45) is 29.8. The monoisotopic (exact) mass is 551 g/mol. The van der Waals surface area contributed by atoms with Crippen molar-refractivity contribution in [3.63, 3.8) is 0 Å². The van der Waals surface area contributed by atoms with Crippen LogP contribution in [-0.4, -0.2) is 16.4 Å². The number of rotatable bonds is 6. The fourth-order valence-corrected chi connectivity index (χ4v) is 6.24. The average molecular weight is 552 g/mol. The predicted molar refractivity (Wildman–Crippen MR) is 180 cm³/mol. The molecule has 0 spiro atoms. The third-order valence-electron chi connectivity index (χ3n) is 8.79. The van der Waals surface area contributed by atoms with Gasteiger partial charge < -0.3 is 4.98 Å². The molecule has 6 bridgehead atoms. The highest BCUT2D eigenvalue weighted by atomic mass is 14.8. The van der Waals surface area contributed by atoms with Crippen LogP contribution in [0, 0.1) is 6.92 Å². The molecule has 4 heterocycles. The van der Waals surface area contributed by atoms with Gasteiger partial charge in [0.25, 0.3) is 0 Å². The molecule has 1 aromatic heterocycles. The molecule has 212 valence electrons. The topological polar surface area (TPSA) is 40.5 Å². The van der Waals surface area contributed by atoms with Gasteiger partial charge in [-0.3, -0.25) is 0 Å². The van der Waals surface area contributed by atoms with Gasteiger partial charge >= 0.3 is 0 Å². The van der Waals surface area contributed by atoms with Gasteiger partial charge in [0.05, 0.1) is 22.8 Å². The fraction of sp³-hybridized carbons (Fsp3) is 0.282. The van der Waals surface area contributed by atoms with Gasteiger partial charge in [-0.05, 0) is 97.6 Å². The van der Waals surface area contributed by atoms with Crippen molar-refractivity contribution in [2.24, 2.45) is 9.98 Å². The zero-order valence-corrected chi connectivity index (χ0v) is 25.4. The van der Waals surface area contributed by atoms with Crippen LogP contribution in [0.15, 0.2) is 111 Å². The van der Waals surface area contributed by atoms with Gasteiger partial charge in [0.2, 0.25) is 0 Å². The molecule has 0 atom stereocenters. The minimum Gasteiger partial charge on any atom is -0.355 e. The molecule has 0 saturated heterocycles. The Hall–Kier alpha value is -4.24. The van der Waals surface area contributed by atoms with E-state index in [1.807, 2.05) is 0 Å². The Labute approximate surface area is 250 Å². The van der Waals surface area contributed by atoms with Crippen LogP contribution >= 0.6 is 0 Å². The second kappa shape index (κ2) is 12.3. The van der Waals surface area contributed by atoms with Crippen molar-refractivity contribution in [1.82, 2.24) is 4.98 Å². The molecule has 0 radical (unpaired) electrons. The summed E-state index contributed by atoms with van der Waals surface area (Å²) < 4.78 is 0. The van der Waals surface area contributed by atoms with Crippen molar-refractivity contribution in [3.8, 4) is 0 Å². The van der Waals surface area contributed by atoms with E-state index in [0.717, 1.165) is 60.3 Å². The van der Waals surface area contributed by atoms with Crippen LogP contribution in [-0.2, 0) is 6.42 Å². The van der Waals surface area contributed by atoms with Gasteiger partial charge in [-0.1, -0.05) is 93.5 Å². The number of allylic oxidation sites excluding steroid dienone is 12. The maximum absolute atomic E-state index is 5.21. The Balaban J connectivity index is 1.60. The first-order valence-corrected chi connectivity index (χ1v) is 15.6. The summed E-state index contributed by atoms with van der Waals surface area (Å²) in [4.78, 5) is 14.2. The number of nitrogens with zero attached hydrogens (tertiary/aromatic N) is 2. The second-order valence-electron chi connectivity index (χ2n) is 11.6. The van der Waals surface area contributed by atoms with Crippen LogP contribution in [0.1, 0.15) is 81.5 Å². The number of unbranched alkanes of at least 4 members (excludes halogenated alkanes) is 2. The van der Waals surface area contributed by atoms with E-state index in [9.17, 15) is 0 Å². The predicted octanol–water partition coefficient (Wildman–Crippen LogP) is 8.30. The van der Waals surface area contributed by atoms with Crippen LogP contribution in [0.3, 0.4) is 0 Å². The number of benzene rings is 1. The highest BCUT2D eigenvalue weighted by molar-refractivity contribution is 6.28. The molecule has 1 N–H and O–H groups in total. The Morgan fingerprint density at radius 3 is 2.38 bits per heavy atom. The molecule has 2 aromatic rings. The van der Waals surface area contributed by atoms with Gasteiger partial charge in [0.1, 0.15) is 0 Å². The fourth-order valence-electron chi connectivity index (χ4n) is 6.24. The maximum Gasteiger partial charge on any atom is 0.0737 e. The molecular weight excluding hydrogens is 510 g/mol. The van der Waals surface area contributed by atoms with Crippen LogP contribution in [0.5, 0.6) is 0 Å². The molecule has 42 heavy (non-hydrogen) atoms. The van der Waals surface area contributed by atoms with Gasteiger partial charge in [0.15, 0.2) is 0 Å². The van der Waals surface area contributed by atoms with Crippen molar-refractivity contribution in [2.75, 3.05) is 0 Å². The maximum atomic E-state index is 5.21. The number of nitrogens with one attached hydrogen (secondary N) is 1. The molecule has 3 nitrogen and oxygen atoms in total. The normalized spacial score (nSPS) is 22.9. The van der Waals surface area contributed by atoms with E-state index < -0.39 is 0 Å². The van der Waals surface area contributed by atoms with Crippen LogP contribution < -0.4 is 10.7 Å². The first-order valence-electron chi connectivity index (χ1n) is 15.6. The lowest BCUT2D eigenvalue weighted by Crippen LogP contribution is -2.14. The SMILES string of the molecule is CCCCC1=C(C)C2=NC/1=C\C=C1\C=CC=CC=C1C/C=c1\[nH]/c(c(C)c1CCCC)=C\C1=NC(=C\2)/c2ccccc21. The average Bonchev–Trinajstić information content (AvgIpc) is 3.52. The molecule has 0 fully saturated rings. The van der Waals surface area contributed by atoms with Gasteiger partial charge in [-0.15, -0.1) is 0 Å². The van der Waals surface area contributed by atoms with E-state index >= 15 is 0 Å². The molecule has 0 unspecified atom stereocenters. The summed E-state index contributed by atoms with van der Waals surface area (Å²) in [7, 11) is 0. The number of aliphatic imine (C=N–C) groups is 2. The summed E-state index contributed by atoms with van der Waals surface area (Å²) in [5.41, 5.74) is 14.3. The van der Waals surface area contributed by atoms with Gasteiger partial charge in [-0.2, -0.15) is 0 Å². The van der Waals surface area contributed by atoms with Crippen molar-refractivity contribution in [2.45, 2.75) is 72.6 Å². The summed E-state index contributed by atoms with van der Waals surface area (Å²) in [6, 6.07) is 8.60. The Morgan fingerprint density at radius 2 is 1.55 bits per heavy atom. The molecule has 0 saturated carbocycles. The molecule has 3 heteroatoms. The molecule has 1 aliphatic carbocycles. The zero-order valence-electron chi connectivity index (χ0n) is 25.4. The molecule has 1 aromatic carbocycles. The largest absolute Gasteiger partial charge is 0.355 e. The second-order valence-corrected chi connectivity index (χ2v) is 11.6. The molecule has 0 amide bonds. The lowest BCUT2D eigenvalue weighted by molar-refractivity contribution is 0.789. The standard InChI is InChI=1S/C39H41N3/c1-5-7-16-30-26(3)36-24-38-32-18-12-13-19-33(32)39(42-38)25-37-27(4)31(17-8-6-2)35(41-37)23-21-29-15-11-9-10-14-28(29)20-22-34(30)40-36/h9-15,18-20,22-25,41H,5-8,16-17,21H2,1-4H3/b28-20-,34-22-,35-23-,37-25-,38-24-. The van der Waals surface area contributed by atoms with Gasteiger partial charge in [-0.25, -0.2) is 9.98 Å². The van der Waals surface area contributed by atoms with Crippen LogP contribution in [0.4, 0.5) is 0 Å². The molecule has 6 rings (SSSR count). The van der Waals surface area contributed by atoms with E-state index in [4.69, 9.17) is 9.98 Å². The zero-order chi connectivity index (χ0) is 29.1. The summed E-state index contributed by atoms with van der Waals surface area (Å²) in [5.74, 6) is 0. The first-order chi connectivity index (χ1) is 20.6. The lowest BCUT2D eigenvalue weighted by Gasteiger charge is -2.07. The first kappa shape index (κ1) is 27.9. The number of aromatic nitrogens is 1. The molecular formula is C39H41N3. The lowest BCUT2D eigenvalue weighted by atomic mass is 9.97. The number of H-pyrrole nitrogens is 1. The minimum absolute atomic E-state index is 0.851. The van der Waals surface area contributed by atoms with E-state index in [1.54, 1.807) is 0 Å². The van der Waals surface area contributed by atoms with Crippen molar-refractivity contribution in [1.29, 1.82) is 0 Å². The van der Waals surface area contributed by atoms with E-state index in [0.29, 0.717) is 0 Å². The van der Waals surface area contributed by atoms with E-state index in [2.05, 4.69) is 118 Å². The van der Waals surface area contributed by atoms with Crippen LogP contribution in [0.25, 0.3) is 17.8 Å². The number of hydrogen-bond donors (Lipinski definition) is 1. The third kappa shape index (κ3) is 5.48. The Morgan fingerprint density at radius 1 is 0.762 bits per heavy atom. The Kier molecular flexibility index (Phi) is 8.19. The van der Waals surface area contributed by atoms with E-state index in [-0.39, 0.29) is 0 Å². The van der Waals surface area contributed by atoms with Gasteiger partial charge in [0, 0.05) is 21.8 Å². The summed E-state index contributed by atoms with van der Waals surface area (Å²) in [6.45, 7) is 9.00. The van der Waals surface area contributed by atoms with Crippen molar-refractivity contribution in [3.05, 3.63) is 134 Å². The van der Waals surface area contributed by atoms with E-state index in [1.165, 1.54) is 62.7 Å². The number of hydrogen-bond acceptors (Lipinski definition) is 2. The minimum atomic E-state index is 0.851. The number of aromatic amines is 1. The highest BCUT2D eigenvalue weighted by Crippen LogP contribution is 2.34. The molecule has 4 aliphatic rings. The number of fused-ring (bicyclic) bond motifs is 8. The Bertz CT molecular complexity index is 1820. The smallest absolute Gasteiger partial charge is 0.0737 e. The quantitative estimate of drug-likeness (QED) is 0.375. The molecule has 3 aliphatic heterocycles. The highest BCUT2D eigenvalue weighted by Gasteiger charge is 2.23.